The van der Waals surface area contributed by atoms with E-state index in [1.54, 1.807) is 0 Å². The lowest BCUT2D eigenvalue weighted by Crippen LogP contribution is -2.67. The SMILES string of the molecule is C=C(C)C1=CCC(N2CCN(CC3CCN(c4ccc(C(=C)NC5C(C)(C)C(C)C5(C)C)cc4)CC3)CC2)C=C1C. The van der Waals surface area contributed by atoms with E-state index in [-0.39, 0.29) is 10.8 Å². The number of anilines is 1. The topological polar surface area (TPSA) is 21.8 Å². The summed E-state index contributed by atoms with van der Waals surface area (Å²) >= 11 is 0. The molecule has 1 aromatic rings. The Morgan fingerprint density at radius 2 is 1.54 bits per heavy atom. The van der Waals surface area contributed by atoms with Crippen LogP contribution in [0, 0.1) is 22.7 Å². The van der Waals surface area contributed by atoms with Crippen molar-refractivity contribution in [3.63, 3.8) is 0 Å². The van der Waals surface area contributed by atoms with Gasteiger partial charge < -0.3 is 15.1 Å². The molecule has 41 heavy (non-hydrogen) atoms. The molecule has 2 heterocycles. The number of nitrogens with zero attached hydrogens (tertiary/aromatic N) is 3. The van der Waals surface area contributed by atoms with Gasteiger partial charge in [-0.3, -0.25) is 4.90 Å². The van der Waals surface area contributed by atoms with Crippen LogP contribution in [-0.2, 0) is 0 Å². The van der Waals surface area contributed by atoms with Gasteiger partial charge in [0.25, 0.3) is 0 Å². The molecular formula is C37H56N4. The molecule has 1 aromatic carbocycles. The molecule has 5 rings (SSSR count). The molecule has 4 heteroatoms. The van der Waals surface area contributed by atoms with Gasteiger partial charge in [-0.15, -0.1) is 0 Å². The normalized spacial score (nSPS) is 28.9. The molecule has 1 N–H and O–H groups in total. The number of rotatable bonds is 8. The summed E-state index contributed by atoms with van der Waals surface area (Å²) in [7, 11) is 0. The van der Waals surface area contributed by atoms with Gasteiger partial charge in [-0.1, -0.05) is 77.6 Å². The minimum absolute atomic E-state index is 0.281. The van der Waals surface area contributed by atoms with E-state index in [1.165, 1.54) is 73.5 Å². The fraction of sp³-hybridized carbons (Fsp3) is 0.622. The second-order valence-electron chi connectivity index (χ2n) is 14.8. The van der Waals surface area contributed by atoms with Gasteiger partial charge in [-0.25, -0.2) is 0 Å². The third kappa shape index (κ3) is 6.11. The summed E-state index contributed by atoms with van der Waals surface area (Å²) in [4.78, 5) is 8.00. The highest BCUT2D eigenvalue weighted by molar-refractivity contribution is 5.65. The number of piperazine rings is 1. The number of hydrogen-bond acceptors (Lipinski definition) is 4. The zero-order valence-corrected chi connectivity index (χ0v) is 27.1. The number of nitrogens with one attached hydrogen (secondary N) is 1. The van der Waals surface area contributed by atoms with Crippen molar-refractivity contribution in [2.24, 2.45) is 22.7 Å². The zero-order valence-electron chi connectivity index (χ0n) is 27.1. The second-order valence-corrected chi connectivity index (χ2v) is 14.8. The zero-order chi connectivity index (χ0) is 29.5. The Kier molecular flexibility index (Phi) is 8.66. The Balaban J connectivity index is 1.05. The summed E-state index contributed by atoms with van der Waals surface area (Å²) < 4.78 is 0. The molecule has 0 aromatic heterocycles. The lowest BCUT2D eigenvalue weighted by atomic mass is 9.45. The molecule has 0 bridgehead atoms. The van der Waals surface area contributed by atoms with E-state index >= 15 is 0 Å². The maximum Gasteiger partial charge on any atom is 0.0368 e. The smallest absolute Gasteiger partial charge is 0.0368 e. The van der Waals surface area contributed by atoms with Crippen LogP contribution in [0.2, 0.25) is 0 Å². The highest BCUT2D eigenvalue weighted by Gasteiger charge is 2.59. The largest absolute Gasteiger partial charge is 0.381 e. The van der Waals surface area contributed by atoms with Gasteiger partial charge in [0.2, 0.25) is 0 Å². The summed E-state index contributed by atoms with van der Waals surface area (Å²) in [6.07, 6.45) is 8.59. The maximum atomic E-state index is 4.41. The van der Waals surface area contributed by atoms with Crippen molar-refractivity contribution >= 4 is 11.4 Å². The van der Waals surface area contributed by atoms with Gasteiger partial charge in [0.1, 0.15) is 0 Å². The summed E-state index contributed by atoms with van der Waals surface area (Å²) in [5.74, 6) is 1.50. The lowest BCUT2D eigenvalue weighted by Gasteiger charge is -2.64. The molecule has 2 aliphatic heterocycles. The van der Waals surface area contributed by atoms with Gasteiger partial charge in [-0.2, -0.15) is 0 Å². The van der Waals surface area contributed by atoms with E-state index < -0.39 is 0 Å². The van der Waals surface area contributed by atoms with E-state index in [9.17, 15) is 0 Å². The molecular weight excluding hydrogens is 500 g/mol. The summed E-state index contributed by atoms with van der Waals surface area (Å²) in [6.45, 7) is 33.2. The fourth-order valence-corrected chi connectivity index (χ4v) is 8.45. The van der Waals surface area contributed by atoms with Crippen molar-refractivity contribution in [1.82, 2.24) is 15.1 Å². The molecule has 1 atom stereocenters. The first-order valence-corrected chi connectivity index (χ1v) is 16.2. The minimum Gasteiger partial charge on any atom is -0.381 e. The van der Waals surface area contributed by atoms with Crippen LogP contribution < -0.4 is 10.2 Å². The highest BCUT2D eigenvalue weighted by Crippen LogP contribution is 2.58. The first-order valence-electron chi connectivity index (χ1n) is 16.2. The molecule has 0 amide bonds. The van der Waals surface area contributed by atoms with Crippen LogP contribution in [0.25, 0.3) is 5.70 Å². The lowest BCUT2D eigenvalue weighted by molar-refractivity contribution is -0.108. The number of hydrogen-bond donors (Lipinski definition) is 1. The molecule has 224 valence electrons. The van der Waals surface area contributed by atoms with Gasteiger partial charge >= 0.3 is 0 Å². The van der Waals surface area contributed by atoms with Gasteiger partial charge in [0.15, 0.2) is 0 Å². The van der Waals surface area contributed by atoms with Crippen molar-refractivity contribution in [2.45, 2.75) is 79.8 Å². The first-order chi connectivity index (χ1) is 19.4. The van der Waals surface area contributed by atoms with Crippen molar-refractivity contribution in [2.75, 3.05) is 50.7 Å². The predicted octanol–water partition coefficient (Wildman–Crippen LogP) is 7.37. The molecule has 2 aliphatic carbocycles. The van der Waals surface area contributed by atoms with Crippen LogP contribution in [-0.4, -0.2) is 67.7 Å². The van der Waals surface area contributed by atoms with Crippen LogP contribution in [0.3, 0.4) is 0 Å². The summed E-state index contributed by atoms with van der Waals surface area (Å²) in [5.41, 5.74) is 8.12. The van der Waals surface area contributed by atoms with Crippen molar-refractivity contribution < 1.29 is 0 Å². The molecule has 1 saturated carbocycles. The number of allylic oxidation sites excluding steroid dienone is 3. The van der Waals surface area contributed by atoms with E-state index in [0.717, 1.165) is 31.1 Å². The molecule has 2 saturated heterocycles. The summed E-state index contributed by atoms with van der Waals surface area (Å²) in [6, 6.07) is 10.1. The van der Waals surface area contributed by atoms with E-state index in [1.807, 2.05) is 0 Å². The van der Waals surface area contributed by atoms with Crippen LogP contribution in [0.4, 0.5) is 5.69 Å². The van der Waals surface area contributed by atoms with Crippen LogP contribution in [0.1, 0.15) is 73.3 Å². The fourth-order valence-electron chi connectivity index (χ4n) is 8.45. The molecule has 4 aliphatic rings. The Hall–Kier alpha value is -2.30. The van der Waals surface area contributed by atoms with Crippen LogP contribution in [0.15, 0.2) is 66.3 Å². The molecule has 0 radical (unpaired) electrons. The van der Waals surface area contributed by atoms with Gasteiger partial charge in [-0.05, 0) is 84.6 Å². The van der Waals surface area contributed by atoms with E-state index in [2.05, 4.69) is 118 Å². The monoisotopic (exact) mass is 556 g/mol. The van der Waals surface area contributed by atoms with Crippen LogP contribution >= 0.6 is 0 Å². The maximum absolute atomic E-state index is 4.41. The molecule has 4 nitrogen and oxygen atoms in total. The number of piperidine rings is 1. The second kappa shape index (κ2) is 11.8. The predicted molar refractivity (Wildman–Crippen MR) is 177 cm³/mol. The third-order valence-corrected chi connectivity index (χ3v) is 11.5. The standard InChI is InChI=1S/C37H56N4/c1-26(2)34-15-14-33(24-27(34)3)41-22-20-39(21-23-41)25-30-16-18-40(19-17-30)32-12-10-31(11-13-32)28(4)38-35-36(6,7)29(5)37(35,8)9/h10-13,15,24,29-30,33,35,38H,1,4,14,16-23,25H2,2-3,5-9H3. The summed E-state index contributed by atoms with van der Waals surface area (Å²) in [5, 5.41) is 3.79. The number of benzene rings is 1. The first kappa shape index (κ1) is 30.2. The third-order valence-electron chi connectivity index (χ3n) is 11.5. The molecule has 0 spiro atoms. The average molecular weight is 557 g/mol. The van der Waals surface area contributed by atoms with Crippen molar-refractivity contribution in [1.29, 1.82) is 0 Å². The van der Waals surface area contributed by atoms with Crippen molar-refractivity contribution in [3.8, 4) is 0 Å². The van der Waals surface area contributed by atoms with Crippen LogP contribution in [0.5, 0.6) is 0 Å². The average Bonchev–Trinajstić information content (AvgIpc) is 2.96. The Bertz CT molecular complexity index is 1150. The Labute approximate surface area is 251 Å². The minimum atomic E-state index is 0.281. The quantitative estimate of drug-likeness (QED) is 0.361. The molecule has 3 fully saturated rings. The van der Waals surface area contributed by atoms with Gasteiger partial charge in [0, 0.05) is 69.3 Å². The van der Waals surface area contributed by atoms with Gasteiger partial charge in [0.05, 0.1) is 0 Å². The molecule has 1 unspecified atom stereocenters. The van der Waals surface area contributed by atoms with E-state index in [0.29, 0.717) is 18.0 Å². The van der Waals surface area contributed by atoms with Crippen molar-refractivity contribution in [3.05, 3.63) is 71.9 Å². The Morgan fingerprint density at radius 3 is 2.10 bits per heavy atom. The highest BCUT2D eigenvalue weighted by atomic mass is 15.3. The van der Waals surface area contributed by atoms with E-state index in [4.69, 9.17) is 0 Å². The Morgan fingerprint density at radius 1 is 0.927 bits per heavy atom.